The lowest BCUT2D eigenvalue weighted by Crippen LogP contribution is -2.39. The van der Waals surface area contributed by atoms with E-state index in [0.717, 1.165) is 30.7 Å². The van der Waals surface area contributed by atoms with Crippen LogP contribution in [-0.2, 0) is 13.0 Å². The van der Waals surface area contributed by atoms with Crippen LogP contribution in [0, 0.1) is 12.7 Å². The first-order valence-electron chi connectivity index (χ1n) is 11.9. The molecule has 0 atom stereocenters. The van der Waals surface area contributed by atoms with E-state index in [1.807, 2.05) is 36.1 Å². The minimum absolute atomic E-state index is 0.0234. The first-order chi connectivity index (χ1) is 16.5. The smallest absolute Gasteiger partial charge is 0.256 e. The van der Waals surface area contributed by atoms with Gasteiger partial charge in [-0.15, -0.1) is 0 Å². The van der Waals surface area contributed by atoms with Crippen molar-refractivity contribution in [2.45, 2.75) is 38.6 Å². The first kappa shape index (κ1) is 22.3. The summed E-state index contributed by atoms with van der Waals surface area (Å²) in [6.07, 6.45) is 2.30. The predicted octanol–water partition coefficient (Wildman–Crippen LogP) is 4.75. The minimum atomic E-state index is -0.409. The van der Waals surface area contributed by atoms with Gasteiger partial charge in [-0.3, -0.25) is 14.6 Å². The van der Waals surface area contributed by atoms with Gasteiger partial charge in [0.15, 0.2) is 0 Å². The van der Waals surface area contributed by atoms with Gasteiger partial charge in [-0.05, 0) is 67.6 Å². The number of rotatable bonds is 3. The number of halogens is 1. The van der Waals surface area contributed by atoms with Gasteiger partial charge in [-0.1, -0.05) is 30.3 Å². The molecule has 1 aromatic heterocycles. The predicted molar refractivity (Wildman–Crippen MR) is 128 cm³/mol. The monoisotopic (exact) mass is 457 g/mol. The summed E-state index contributed by atoms with van der Waals surface area (Å²) >= 11 is 0. The molecule has 2 amide bonds. The molecule has 1 fully saturated rings. The third-order valence-corrected chi connectivity index (χ3v) is 6.95. The minimum Gasteiger partial charge on any atom is -0.339 e. The normalized spacial score (nSPS) is 16.3. The number of nitrogens with zero attached hydrogens (tertiary/aromatic N) is 3. The van der Waals surface area contributed by atoms with Crippen LogP contribution in [0.4, 0.5) is 4.39 Å². The van der Waals surface area contributed by atoms with Crippen LogP contribution in [0.15, 0.2) is 60.7 Å². The van der Waals surface area contributed by atoms with Crippen molar-refractivity contribution >= 4 is 11.8 Å². The number of aryl methyl sites for hydroxylation is 1. The summed E-state index contributed by atoms with van der Waals surface area (Å²) in [4.78, 5) is 34.9. The van der Waals surface area contributed by atoms with Crippen LogP contribution in [0.25, 0.3) is 0 Å². The third kappa shape index (κ3) is 4.45. The number of hydrogen-bond acceptors (Lipinski definition) is 3. The van der Waals surface area contributed by atoms with Crippen LogP contribution in [0.3, 0.4) is 0 Å². The Balaban J connectivity index is 1.32. The molecular formula is C28H28FN3O2. The lowest BCUT2D eigenvalue weighted by Gasteiger charge is -2.34. The van der Waals surface area contributed by atoms with Crippen molar-refractivity contribution in [2.75, 3.05) is 19.6 Å². The van der Waals surface area contributed by atoms with Gasteiger partial charge in [0.1, 0.15) is 5.82 Å². The van der Waals surface area contributed by atoms with E-state index in [1.54, 1.807) is 17.0 Å². The third-order valence-electron chi connectivity index (χ3n) is 6.95. The summed E-state index contributed by atoms with van der Waals surface area (Å²) in [6, 6.07) is 17.9. The molecule has 0 N–H and O–H groups in total. The summed E-state index contributed by atoms with van der Waals surface area (Å²) < 4.78 is 13.6. The van der Waals surface area contributed by atoms with Gasteiger partial charge >= 0.3 is 0 Å². The first-order valence-corrected chi connectivity index (χ1v) is 11.9. The summed E-state index contributed by atoms with van der Waals surface area (Å²) in [5, 5.41) is 0. The number of amides is 2. The van der Waals surface area contributed by atoms with Crippen molar-refractivity contribution in [1.29, 1.82) is 0 Å². The van der Waals surface area contributed by atoms with Crippen LogP contribution in [0.2, 0.25) is 0 Å². The molecule has 0 saturated carbocycles. The number of benzene rings is 2. The summed E-state index contributed by atoms with van der Waals surface area (Å²) in [6.45, 7) is 4.37. The second kappa shape index (κ2) is 9.37. The summed E-state index contributed by atoms with van der Waals surface area (Å²) in [7, 11) is 0. The summed E-state index contributed by atoms with van der Waals surface area (Å²) in [5.41, 5.74) is 5.26. The van der Waals surface area contributed by atoms with Gasteiger partial charge in [0, 0.05) is 43.4 Å². The molecular weight excluding hydrogens is 429 g/mol. The van der Waals surface area contributed by atoms with Crippen molar-refractivity contribution in [2.24, 2.45) is 0 Å². The average Bonchev–Trinajstić information content (AvgIpc) is 2.87. The van der Waals surface area contributed by atoms with Crippen molar-refractivity contribution < 1.29 is 14.0 Å². The molecule has 1 saturated heterocycles. The molecule has 0 radical (unpaired) electrons. The molecule has 0 spiro atoms. The molecule has 0 unspecified atom stereocenters. The van der Waals surface area contributed by atoms with E-state index in [9.17, 15) is 14.0 Å². The number of likely N-dealkylation sites (tertiary alicyclic amines) is 1. The molecule has 5 nitrogen and oxygen atoms in total. The lowest BCUT2D eigenvalue weighted by molar-refractivity contribution is 0.0699. The topological polar surface area (TPSA) is 53.5 Å². The molecule has 6 heteroatoms. The van der Waals surface area contributed by atoms with Crippen LogP contribution in [0.1, 0.15) is 62.0 Å². The average molecular weight is 458 g/mol. The number of piperidine rings is 1. The Morgan fingerprint density at radius 2 is 1.65 bits per heavy atom. The Labute approximate surface area is 199 Å². The van der Waals surface area contributed by atoms with Gasteiger partial charge in [-0.25, -0.2) is 4.39 Å². The summed E-state index contributed by atoms with van der Waals surface area (Å²) in [5.74, 6) is -0.436. The van der Waals surface area contributed by atoms with Gasteiger partial charge in [0.25, 0.3) is 11.8 Å². The zero-order valence-corrected chi connectivity index (χ0v) is 19.3. The maximum atomic E-state index is 13.6. The molecule has 3 heterocycles. The number of aromatic nitrogens is 1. The van der Waals surface area contributed by atoms with E-state index < -0.39 is 5.82 Å². The van der Waals surface area contributed by atoms with E-state index in [-0.39, 0.29) is 17.7 Å². The Hall–Kier alpha value is -3.54. The number of carbonyl (C=O) groups excluding carboxylic acids is 2. The standard InChI is InChI=1S/C28H28FN3O2/c1-19-9-10-25(28(34)32-16-11-20-5-2-3-6-23(20)18-32)26(30-19)21-12-14-31(15-13-21)27(33)22-7-4-8-24(29)17-22/h2-10,17,21H,11-16,18H2,1H3. The maximum absolute atomic E-state index is 13.6. The number of fused-ring (bicyclic) bond motifs is 1. The highest BCUT2D eigenvalue weighted by Gasteiger charge is 2.30. The highest BCUT2D eigenvalue weighted by molar-refractivity contribution is 5.96. The molecule has 2 aromatic carbocycles. The van der Waals surface area contributed by atoms with Gasteiger partial charge in [-0.2, -0.15) is 0 Å². The van der Waals surface area contributed by atoms with E-state index in [2.05, 4.69) is 12.1 Å². The maximum Gasteiger partial charge on any atom is 0.256 e. The molecule has 0 bridgehead atoms. The van der Waals surface area contributed by atoms with E-state index in [1.165, 1.54) is 23.3 Å². The zero-order valence-electron chi connectivity index (χ0n) is 19.3. The molecule has 174 valence electrons. The number of carbonyl (C=O) groups is 2. The van der Waals surface area contributed by atoms with Crippen LogP contribution < -0.4 is 0 Å². The van der Waals surface area contributed by atoms with Gasteiger partial charge in [0.05, 0.1) is 11.3 Å². The van der Waals surface area contributed by atoms with E-state index >= 15 is 0 Å². The lowest BCUT2D eigenvalue weighted by atomic mass is 9.89. The molecule has 2 aliphatic rings. The van der Waals surface area contributed by atoms with E-state index in [4.69, 9.17) is 4.98 Å². The number of hydrogen-bond donors (Lipinski definition) is 0. The Bertz CT molecular complexity index is 1230. The highest BCUT2D eigenvalue weighted by Crippen LogP contribution is 2.31. The van der Waals surface area contributed by atoms with Crippen LogP contribution in [0.5, 0.6) is 0 Å². The fourth-order valence-corrected chi connectivity index (χ4v) is 5.07. The Morgan fingerprint density at radius 3 is 2.41 bits per heavy atom. The van der Waals surface area contributed by atoms with Crippen LogP contribution >= 0.6 is 0 Å². The molecule has 34 heavy (non-hydrogen) atoms. The zero-order chi connectivity index (χ0) is 23.7. The fourth-order valence-electron chi connectivity index (χ4n) is 5.07. The van der Waals surface area contributed by atoms with Crippen molar-refractivity contribution in [3.05, 3.63) is 100 Å². The molecule has 5 rings (SSSR count). The quantitative estimate of drug-likeness (QED) is 0.571. The van der Waals surface area contributed by atoms with Gasteiger partial charge < -0.3 is 9.80 Å². The highest BCUT2D eigenvalue weighted by atomic mass is 19.1. The van der Waals surface area contributed by atoms with Crippen molar-refractivity contribution in [3.63, 3.8) is 0 Å². The molecule has 3 aromatic rings. The Kier molecular flexibility index (Phi) is 6.14. The van der Waals surface area contributed by atoms with Crippen molar-refractivity contribution in [3.8, 4) is 0 Å². The van der Waals surface area contributed by atoms with Crippen molar-refractivity contribution in [1.82, 2.24) is 14.8 Å². The van der Waals surface area contributed by atoms with Crippen LogP contribution in [-0.4, -0.2) is 46.2 Å². The van der Waals surface area contributed by atoms with Gasteiger partial charge in [0.2, 0.25) is 0 Å². The fraction of sp³-hybridized carbons (Fsp3) is 0.321. The number of pyridine rings is 1. The van der Waals surface area contributed by atoms with E-state index in [0.29, 0.717) is 37.3 Å². The molecule has 2 aliphatic heterocycles. The Morgan fingerprint density at radius 1 is 0.882 bits per heavy atom. The molecule has 0 aliphatic carbocycles. The SMILES string of the molecule is Cc1ccc(C(=O)N2CCc3ccccc3C2)c(C2CCN(C(=O)c3cccc(F)c3)CC2)n1. The largest absolute Gasteiger partial charge is 0.339 e. The second-order valence-corrected chi connectivity index (χ2v) is 9.21. The second-order valence-electron chi connectivity index (χ2n) is 9.21.